The smallest absolute Gasteiger partial charge is 0.126 e. The van der Waals surface area contributed by atoms with E-state index in [1.54, 1.807) is 12.1 Å². The van der Waals surface area contributed by atoms with E-state index in [0.29, 0.717) is 12.0 Å². The predicted molar refractivity (Wildman–Crippen MR) is 84.1 cm³/mol. The van der Waals surface area contributed by atoms with Gasteiger partial charge in [-0.05, 0) is 56.1 Å². The summed E-state index contributed by atoms with van der Waals surface area (Å²) in [6.45, 7) is 0.898. The predicted octanol–water partition coefficient (Wildman–Crippen LogP) is 4.64. The number of hydrogen-bond donors (Lipinski definition) is 0. The van der Waals surface area contributed by atoms with Gasteiger partial charge < -0.3 is 4.90 Å². The molecule has 0 N–H and O–H groups in total. The molecule has 2 nitrogen and oxygen atoms in total. The van der Waals surface area contributed by atoms with Crippen LogP contribution in [0.1, 0.15) is 37.7 Å². The second-order valence-corrected chi connectivity index (χ2v) is 8.10. The number of fused-ring (bicyclic) bond motifs is 1. The third-order valence-corrected chi connectivity index (χ3v) is 6.62. The summed E-state index contributed by atoms with van der Waals surface area (Å²) in [5.41, 5.74) is 2.00. The largest absolute Gasteiger partial charge is 0.352 e. The second-order valence-electron chi connectivity index (χ2n) is 7.24. The number of halogens is 2. The van der Waals surface area contributed by atoms with Crippen molar-refractivity contribution in [3.63, 3.8) is 0 Å². The van der Waals surface area contributed by atoms with Crippen molar-refractivity contribution in [3.05, 3.63) is 28.0 Å². The summed E-state index contributed by atoms with van der Waals surface area (Å²) in [6, 6.07) is 3.82. The topological polar surface area (TPSA) is 15.6 Å². The summed E-state index contributed by atoms with van der Waals surface area (Å²) in [5.74, 6) is 3.46. The molecule has 4 heteroatoms. The first-order chi connectivity index (χ1) is 10.2. The van der Waals surface area contributed by atoms with Gasteiger partial charge in [-0.2, -0.15) is 0 Å². The summed E-state index contributed by atoms with van der Waals surface area (Å²) in [7, 11) is 0. The Labute approximate surface area is 132 Å². The van der Waals surface area contributed by atoms with Crippen LogP contribution in [0.3, 0.4) is 0 Å². The van der Waals surface area contributed by atoms with Gasteiger partial charge in [0.1, 0.15) is 11.7 Å². The Morgan fingerprint density at radius 2 is 1.86 bits per heavy atom. The first-order valence-electron chi connectivity index (χ1n) is 8.00. The zero-order valence-electron chi connectivity index (χ0n) is 11.9. The van der Waals surface area contributed by atoms with Crippen LogP contribution >= 0.6 is 15.9 Å². The third kappa shape index (κ3) is 1.84. The molecular weight excluding hydrogens is 331 g/mol. The van der Waals surface area contributed by atoms with Crippen LogP contribution in [0.15, 0.2) is 21.6 Å². The monoisotopic (exact) mass is 348 g/mol. The van der Waals surface area contributed by atoms with E-state index in [0.717, 1.165) is 34.1 Å². The van der Waals surface area contributed by atoms with Gasteiger partial charge in [0.2, 0.25) is 0 Å². The van der Waals surface area contributed by atoms with Crippen molar-refractivity contribution in [1.29, 1.82) is 0 Å². The van der Waals surface area contributed by atoms with Crippen LogP contribution in [0.5, 0.6) is 0 Å². The molecule has 4 bridgehead atoms. The van der Waals surface area contributed by atoms with Crippen LogP contribution in [0.25, 0.3) is 0 Å². The fraction of sp³-hybridized carbons (Fsp3) is 0.588. The molecule has 3 aliphatic heterocycles. The van der Waals surface area contributed by atoms with E-state index in [1.807, 2.05) is 0 Å². The summed E-state index contributed by atoms with van der Waals surface area (Å²) >= 11 is 3.53. The fourth-order valence-corrected chi connectivity index (χ4v) is 5.76. The van der Waals surface area contributed by atoms with Gasteiger partial charge in [-0.1, -0.05) is 15.9 Å². The maximum atomic E-state index is 13.7. The molecule has 2 saturated carbocycles. The Kier molecular flexibility index (Phi) is 2.59. The minimum atomic E-state index is -0.196. The maximum absolute atomic E-state index is 13.7. The van der Waals surface area contributed by atoms with Gasteiger partial charge in [-0.25, -0.2) is 9.38 Å². The SMILES string of the molecule is Fc1cc(Br)c2c(c1)N=C1C3CC4CC(C3)CC(C4)N1C2. The lowest BCUT2D eigenvalue weighted by molar-refractivity contribution is 0.128. The van der Waals surface area contributed by atoms with Gasteiger partial charge in [0.05, 0.1) is 5.69 Å². The Hall–Kier alpha value is -0.900. The van der Waals surface area contributed by atoms with Crippen LogP contribution in [-0.4, -0.2) is 16.8 Å². The number of amidine groups is 1. The molecule has 1 aromatic carbocycles. The van der Waals surface area contributed by atoms with Crippen LogP contribution in [-0.2, 0) is 6.54 Å². The van der Waals surface area contributed by atoms with Crippen molar-refractivity contribution in [2.45, 2.75) is 44.7 Å². The number of rotatable bonds is 0. The molecule has 3 heterocycles. The van der Waals surface area contributed by atoms with Gasteiger partial charge in [-0.15, -0.1) is 0 Å². The van der Waals surface area contributed by atoms with Crippen LogP contribution < -0.4 is 0 Å². The lowest BCUT2D eigenvalue weighted by Crippen LogP contribution is -2.42. The molecule has 6 rings (SSSR count). The minimum Gasteiger partial charge on any atom is -0.352 e. The molecule has 4 fully saturated rings. The molecule has 2 unspecified atom stereocenters. The molecule has 2 aliphatic carbocycles. The maximum Gasteiger partial charge on any atom is 0.126 e. The van der Waals surface area contributed by atoms with E-state index in [9.17, 15) is 4.39 Å². The summed E-state index contributed by atoms with van der Waals surface area (Å²) in [6.07, 6.45) is 6.70. The lowest BCUT2D eigenvalue weighted by atomic mass is 9.68. The Bertz CT molecular complexity index is 642. The number of hydrogen-bond acceptors (Lipinski definition) is 2. The highest BCUT2D eigenvalue weighted by molar-refractivity contribution is 9.10. The number of benzene rings is 1. The minimum absolute atomic E-state index is 0.196. The van der Waals surface area contributed by atoms with E-state index < -0.39 is 0 Å². The number of aliphatic imine (C=N–C) groups is 1. The van der Waals surface area contributed by atoms with Gasteiger partial charge in [-0.3, -0.25) is 0 Å². The first-order valence-corrected chi connectivity index (χ1v) is 8.80. The Balaban J connectivity index is 1.66. The highest BCUT2D eigenvalue weighted by Gasteiger charge is 2.46. The Morgan fingerprint density at radius 3 is 2.62 bits per heavy atom. The molecule has 0 aromatic heterocycles. The molecule has 0 amide bonds. The van der Waals surface area contributed by atoms with Crippen LogP contribution in [0.4, 0.5) is 10.1 Å². The Morgan fingerprint density at radius 1 is 1.10 bits per heavy atom. The van der Waals surface area contributed by atoms with Gasteiger partial charge in [0.25, 0.3) is 0 Å². The van der Waals surface area contributed by atoms with Gasteiger partial charge >= 0.3 is 0 Å². The van der Waals surface area contributed by atoms with Crippen molar-refractivity contribution >= 4 is 27.5 Å². The highest BCUT2D eigenvalue weighted by Crippen LogP contribution is 2.50. The van der Waals surface area contributed by atoms with E-state index in [1.165, 1.54) is 37.9 Å². The molecule has 0 spiro atoms. The van der Waals surface area contributed by atoms with E-state index in [-0.39, 0.29) is 5.82 Å². The summed E-state index contributed by atoms with van der Waals surface area (Å²) in [5, 5.41) is 0. The molecule has 21 heavy (non-hydrogen) atoms. The number of nitrogens with zero attached hydrogens (tertiary/aromatic N) is 2. The third-order valence-electron chi connectivity index (χ3n) is 5.91. The van der Waals surface area contributed by atoms with Crippen molar-refractivity contribution in [1.82, 2.24) is 4.90 Å². The average Bonchev–Trinajstić information content (AvgIpc) is 2.59. The van der Waals surface area contributed by atoms with Crippen molar-refractivity contribution in [2.75, 3.05) is 0 Å². The summed E-state index contributed by atoms with van der Waals surface area (Å²) in [4.78, 5) is 7.47. The van der Waals surface area contributed by atoms with Crippen molar-refractivity contribution in [3.8, 4) is 0 Å². The first kappa shape index (κ1) is 12.6. The molecule has 110 valence electrons. The van der Waals surface area contributed by atoms with Gasteiger partial charge in [0, 0.05) is 28.5 Å². The average molecular weight is 349 g/mol. The molecule has 2 saturated heterocycles. The molecule has 5 aliphatic rings. The van der Waals surface area contributed by atoms with E-state index in [4.69, 9.17) is 4.99 Å². The molecule has 2 atom stereocenters. The molecule has 1 aromatic rings. The second kappa shape index (κ2) is 4.31. The molecule has 0 radical (unpaired) electrons. The van der Waals surface area contributed by atoms with E-state index in [2.05, 4.69) is 20.8 Å². The van der Waals surface area contributed by atoms with Gasteiger partial charge in [0.15, 0.2) is 0 Å². The molecular formula is C17H18BrFN2. The van der Waals surface area contributed by atoms with Crippen molar-refractivity contribution < 1.29 is 4.39 Å². The van der Waals surface area contributed by atoms with Crippen LogP contribution in [0.2, 0.25) is 0 Å². The normalized spacial score (nSPS) is 36.1. The van der Waals surface area contributed by atoms with E-state index >= 15 is 0 Å². The summed E-state index contributed by atoms with van der Waals surface area (Å²) < 4.78 is 14.5. The van der Waals surface area contributed by atoms with Crippen LogP contribution in [0, 0.1) is 23.6 Å². The zero-order valence-corrected chi connectivity index (χ0v) is 13.4. The fourth-order valence-electron chi connectivity index (χ4n) is 5.21. The zero-order chi connectivity index (χ0) is 14.1. The van der Waals surface area contributed by atoms with Crippen molar-refractivity contribution in [2.24, 2.45) is 22.7 Å². The quantitative estimate of drug-likeness (QED) is 0.666. The highest BCUT2D eigenvalue weighted by atomic mass is 79.9. The lowest BCUT2D eigenvalue weighted by Gasteiger charge is -2.39. The standard InChI is InChI=1S/C17H18BrFN2/c18-15-6-12(19)7-16-14(15)8-21-13-4-9-1-10(5-13)3-11(2-9)17(21)20-16/h6-7,9-11,13H,1-5,8H2.